The van der Waals surface area contributed by atoms with E-state index in [0.29, 0.717) is 17.1 Å². The molecule has 0 aliphatic rings. The molecule has 0 bridgehead atoms. The van der Waals surface area contributed by atoms with E-state index < -0.39 is 0 Å². The smallest absolute Gasteiger partial charge is 0.153 e. The zero-order valence-corrected chi connectivity index (χ0v) is 10.4. The Bertz CT molecular complexity index is 594. The maximum Gasteiger partial charge on any atom is 0.153 e. The molecular weight excluding hydrogens is 252 g/mol. The zero-order chi connectivity index (χ0) is 13.1. The van der Waals surface area contributed by atoms with Crippen molar-refractivity contribution in [3.8, 4) is 22.6 Å². The van der Waals surface area contributed by atoms with E-state index in [1.165, 1.54) is 6.07 Å². The molecule has 0 spiro atoms. The predicted octanol–water partition coefficient (Wildman–Crippen LogP) is 3.53. The molecule has 4 heteroatoms. The van der Waals surface area contributed by atoms with Gasteiger partial charge in [-0.1, -0.05) is 17.7 Å². The highest BCUT2D eigenvalue weighted by Crippen LogP contribution is 2.34. The van der Waals surface area contributed by atoms with Crippen LogP contribution in [0.3, 0.4) is 0 Å². The first-order valence-corrected chi connectivity index (χ1v) is 5.65. The standard InChI is InChI=1S/C14H11ClO3/c1-18-14-5-4-11(15)7-12(14)9-2-3-10(8-16)13(17)6-9/h2-8,17H,1H3. The van der Waals surface area contributed by atoms with Crippen LogP contribution in [0.1, 0.15) is 10.4 Å². The molecule has 18 heavy (non-hydrogen) atoms. The van der Waals surface area contributed by atoms with Gasteiger partial charge in [0.25, 0.3) is 0 Å². The third-order valence-corrected chi connectivity index (χ3v) is 2.87. The molecule has 92 valence electrons. The van der Waals surface area contributed by atoms with Crippen LogP contribution in [0.5, 0.6) is 11.5 Å². The second kappa shape index (κ2) is 5.10. The number of hydrogen-bond donors (Lipinski definition) is 1. The normalized spacial score (nSPS) is 10.1. The lowest BCUT2D eigenvalue weighted by molar-refractivity contribution is 0.112. The second-order valence-electron chi connectivity index (χ2n) is 3.74. The minimum absolute atomic E-state index is 0.0653. The minimum Gasteiger partial charge on any atom is -0.507 e. The SMILES string of the molecule is COc1ccc(Cl)cc1-c1ccc(C=O)c(O)c1. The van der Waals surface area contributed by atoms with E-state index in [1.807, 2.05) is 0 Å². The maximum atomic E-state index is 10.6. The van der Waals surface area contributed by atoms with Crippen molar-refractivity contribution in [1.29, 1.82) is 0 Å². The predicted molar refractivity (Wildman–Crippen MR) is 70.5 cm³/mol. The Kier molecular flexibility index (Phi) is 3.53. The largest absolute Gasteiger partial charge is 0.507 e. The molecule has 0 heterocycles. The molecule has 0 atom stereocenters. The van der Waals surface area contributed by atoms with Gasteiger partial charge in [0.2, 0.25) is 0 Å². The van der Waals surface area contributed by atoms with Crippen molar-refractivity contribution >= 4 is 17.9 Å². The number of methoxy groups -OCH3 is 1. The summed E-state index contributed by atoms with van der Waals surface area (Å²) in [6.45, 7) is 0. The van der Waals surface area contributed by atoms with Crippen LogP contribution in [-0.2, 0) is 0 Å². The molecule has 2 aromatic carbocycles. The van der Waals surface area contributed by atoms with E-state index in [2.05, 4.69) is 0 Å². The van der Waals surface area contributed by atoms with Gasteiger partial charge in [0, 0.05) is 10.6 Å². The Balaban J connectivity index is 2.57. The number of aromatic hydroxyl groups is 1. The molecule has 2 aromatic rings. The van der Waals surface area contributed by atoms with E-state index in [4.69, 9.17) is 16.3 Å². The molecule has 0 saturated heterocycles. The molecule has 0 amide bonds. The molecule has 0 unspecified atom stereocenters. The summed E-state index contributed by atoms with van der Waals surface area (Å²) < 4.78 is 5.24. The van der Waals surface area contributed by atoms with Gasteiger partial charge >= 0.3 is 0 Å². The van der Waals surface area contributed by atoms with E-state index in [-0.39, 0.29) is 11.3 Å². The van der Waals surface area contributed by atoms with Gasteiger partial charge in [-0.3, -0.25) is 4.79 Å². The van der Waals surface area contributed by atoms with Crippen LogP contribution in [0.4, 0.5) is 0 Å². The van der Waals surface area contributed by atoms with Gasteiger partial charge in [0.1, 0.15) is 11.5 Å². The first-order chi connectivity index (χ1) is 8.65. The van der Waals surface area contributed by atoms with Gasteiger partial charge in [0.15, 0.2) is 6.29 Å². The third-order valence-electron chi connectivity index (χ3n) is 2.63. The molecule has 1 N–H and O–H groups in total. The number of carbonyl (C=O) groups is 1. The van der Waals surface area contributed by atoms with Crippen LogP contribution in [-0.4, -0.2) is 18.5 Å². The summed E-state index contributed by atoms with van der Waals surface area (Å²) in [4.78, 5) is 10.6. The average molecular weight is 263 g/mol. The number of hydrogen-bond acceptors (Lipinski definition) is 3. The highest BCUT2D eigenvalue weighted by atomic mass is 35.5. The van der Waals surface area contributed by atoms with Gasteiger partial charge < -0.3 is 9.84 Å². The summed E-state index contributed by atoms with van der Waals surface area (Å²) in [5.41, 5.74) is 1.75. The highest BCUT2D eigenvalue weighted by molar-refractivity contribution is 6.31. The molecule has 0 fully saturated rings. The Labute approximate surface area is 110 Å². The summed E-state index contributed by atoms with van der Waals surface area (Å²) in [6.07, 6.45) is 0.605. The molecule has 0 saturated carbocycles. The second-order valence-corrected chi connectivity index (χ2v) is 4.17. The number of carbonyl (C=O) groups excluding carboxylic acids is 1. The molecule has 0 radical (unpaired) electrons. The van der Waals surface area contributed by atoms with E-state index in [1.54, 1.807) is 37.4 Å². The van der Waals surface area contributed by atoms with Crippen molar-refractivity contribution < 1.29 is 14.6 Å². The lowest BCUT2D eigenvalue weighted by Gasteiger charge is -2.10. The monoisotopic (exact) mass is 262 g/mol. The lowest BCUT2D eigenvalue weighted by Crippen LogP contribution is -1.89. The van der Waals surface area contributed by atoms with Crippen molar-refractivity contribution in [1.82, 2.24) is 0 Å². The number of ether oxygens (including phenoxy) is 1. The van der Waals surface area contributed by atoms with Crippen molar-refractivity contribution in [3.05, 3.63) is 47.0 Å². The Morgan fingerprint density at radius 2 is 2.00 bits per heavy atom. The number of phenolic OH excluding ortho intramolecular Hbond substituents is 1. The van der Waals surface area contributed by atoms with Crippen molar-refractivity contribution in [2.24, 2.45) is 0 Å². The summed E-state index contributed by atoms with van der Waals surface area (Å²) in [5, 5.41) is 10.3. The fourth-order valence-corrected chi connectivity index (χ4v) is 1.89. The van der Waals surface area contributed by atoms with Gasteiger partial charge in [-0.05, 0) is 35.9 Å². The quantitative estimate of drug-likeness (QED) is 0.861. The average Bonchev–Trinajstić information content (AvgIpc) is 2.38. The van der Waals surface area contributed by atoms with Gasteiger partial charge in [-0.25, -0.2) is 0 Å². The highest BCUT2D eigenvalue weighted by Gasteiger charge is 2.09. The van der Waals surface area contributed by atoms with Crippen LogP contribution >= 0.6 is 11.6 Å². The van der Waals surface area contributed by atoms with Crippen LogP contribution in [0.25, 0.3) is 11.1 Å². The van der Waals surface area contributed by atoms with Crippen molar-refractivity contribution in [2.75, 3.05) is 7.11 Å². The van der Waals surface area contributed by atoms with E-state index >= 15 is 0 Å². The van der Waals surface area contributed by atoms with E-state index in [9.17, 15) is 9.90 Å². The van der Waals surface area contributed by atoms with Crippen LogP contribution in [0, 0.1) is 0 Å². The first kappa shape index (κ1) is 12.5. The lowest BCUT2D eigenvalue weighted by atomic mass is 10.0. The maximum absolute atomic E-state index is 10.6. The Hall–Kier alpha value is -2.00. The molecular formula is C14H11ClO3. The minimum atomic E-state index is -0.0653. The molecule has 3 nitrogen and oxygen atoms in total. The summed E-state index contributed by atoms with van der Waals surface area (Å²) in [6, 6.07) is 10.0. The molecule has 0 aliphatic carbocycles. The van der Waals surface area contributed by atoms with Crippen molar-refractivity contribution in [3.63, 3.8) is 0 Å². The van der Waals surface area contributed by atoms with Gasteiger partial charge in [0.05, 0.1) is 12.7 Å². The van der Waals surface area contributed by atoms with Crippen LogP contribution in [0.15, 0.2) is 36.4 Å². The topological polar surface area (TPSA) is 46.5 Å². The number of halogens is 1. The van der Waals surface area contributed by atoms with Crippen LogP contribution in [0.2, 0.25) is 5.02 Å². The van der Waals surface area contributed by atoms with Gasteiger partial charge in [-0.15, -0.1) is 0 Å². The van der Waals surface area contributed by atoms with Crippen LogP contribution < -0.4 is 4.74 Å². The molecule has 2 rings (SSSR count). The van der Waals surface area contributed by atoms with Crippen molar-refractivity contribution in [2.45, 2.75) is 0 Å². The third kappa shape index (κ3) is 2.31. The first-order valence-electron chi connectivity index (χ1n) is 5.28. The summed E-state index contributed by atoms with van der Waals surface area (Å²) in [7, 11) is 1.56. The molecule has 0 aromatic heterocycles. The summed E-state index contributed by atoms with van der Waals surface area (Å²) in [5.74, 6) is 0.585. The number of aldehydes is 1. The molecule has 0 aliphatic heterocycles. The fourth-order valence-electron chi connectivity index (χ4n) is 1.72. The number of phenols is 1. The fraction of sp³-hybridized carbons (Fsp3) is 0.0714. The zero-order valence-electron chi connectivity index (χ0n) is 9.68. The number of benzene rings is 2. The Morgan fingerprint density at radius 3 is 2.61 bits per heavy atom. The summed E-state index contributed by atoms with van der Waals surface area (Å²) >= 11 is 5.95. The number of rotatable bonds is 3. The van der Waals surface area contributed by atoms with E-state index in [0.717, 1.165) is 11.1 Å². The Morgan fingerprint density at radius 1 is 1.22 bits per heavy atom. The van der Waals surface area contributed by atoms with Gasteiger partial charge in [-0.2, -0.15) is 0 Å².